The van der Waals surface area contributed by atoms with Crippen LogP contribution in [0.1, 0.15) is 43.8 Å². The van der Waals surface area contributed by atoms with Crippen LogP contribution in [0.4, 0.5) is 0 Å². The van der Waals surface area contributed by atoms with E-state index >= 15 is 0 Å². The van der Waals surface area contributed by atoms with Gasteiger partial charge in [-0.1, -0.05) is 13.8 Å². The van der Waals surface area contributed by atoms with Crippen molar-refractivity contribution in [1.29, 1.82) is 0 Å². The quantitative estimate of drug-likeness (QED) is 0.871. The molecule has 0 radical (unpaired) electrons. The Morgan fingerprint density at radius 3 is 3.11 bits per heavy atom. The van der Waals surface area contributed by atoms with Gasteiger partial charge >= 0.3 is 0 Å². The summed E-state index contributed by atoms with van der Waals surface area (Å²) >= 11 is 1.80. The van der Waals surface area contributed by atoms with Crippen molar-refractivity contribution in [3.05, 3.63) is 16.1 Å². The molecular weight excluding hydrogens is 256 g/mol. The van der Waals surface area contributed by atoms with Gasteiger partial charge in [-0.05, 0) is 44.1 Å². The lowest BCUT2D eigenvalue weighted by Crippen LogP contribution is -2.36. The summed E-state index contributed by atoms with van der Waals surface area (Å²) in [4.78, 5) is 7.18. The van der Waals surface area contributed by atoms with Gasteiger partial charge < -0.3 is 5.11 Å². The fraction of sp³-hybridized carbons (Fsp3) is 0.800. The number of hydrogen-bond donors (Lipinski definition) is 1. The van der Waals surface area contributed by atoms with Crippen molar-refractivity contribution in [3.8, 4) is 0 Å². The molecule has 108 valence electrons. The van der Waals surface area contributed by atoms with E-state index < -0.39 is 0 Å². The lowest BCUT2D eigenvalue weighted by molar-refractivity contribution is 0.115. The molecule has 1 atom stereocenters. The molecule has 0 spiro atoms. The first-order chi connectivity index (χ1) is 9.17. The number of aryl methyl sites for hydroxylation is 1. The third-order valence-electron chi connectivity index (χ3n) is 3.78. The lowest BCUT2D eigenvalue weighted by Gasteiger charge is -2.31. The molecule has 0 saturated carbocycles. The Balaban J connectivity index is 1.82. The maximum Gasteiger partial charge on any atom is 0.0928 e. The van der Waals surface area contributed by atoms with Gasteiger partial charge in [0, 0.05) is 25.1 Å². The van der Waals surface area contributed by atoms with Crippen LogP contribution < -0.4 is 0 Å². The molecule has 1 aliphatic heterocycles. The number of aromatic nitrogens is 1. The molecule has 1 N–H and O–H groups in total. The summed E-state index contributed by atoms with van der Waals surface area (Å²) in [6, 6.07) is 0. The summed E-state index contributed by atoms with van der Waals surface area (Å²) in [5.74, 6) is 1.22. The third kappa shape index (κ3) is 4.86. The second kappa shape index (κ2) is 7.36. The monoisotopic (exact) mass is 282 g/mol. The third-order valence-corrected chi connectivity index (χ3v) is 4.74. The Labute approximate surface area is 120 Å². The number of thiazole rings is 1. The molecule has 2 heterocycles. The van der Waals surface area contributed by atoms with E-state index in [0.29, 0.717) is 12.5 Å². The number of aliphatic hydroxyl groups excluding tert-OH is 1. The molecule has 1 saturated heterocycles. The van der Waals surface area contributed by atoms with E-state index in [4.69, 9.17) is 4.98 Å². The van der Waals surface area contributed by atoms with Crippen LogP contribution in [-0.4, -0.2) is 34.7 Å². The zero-order chi connectivity index (χ0) is 13.7. The standard InChI is InChI=1S/C15H26N2OS/c1-12(2)5-6-15-16-14(11-19-15)9-17-7-3-4-13(8-17)10-18/h11-13,18H,3-10H2,1-2H3. The SMILES string of the molecule is CC(C)CCc1nc(CN2CCCC(CO)C2)cs1. The van der Waals surface area contributed by atoms with E-state index in [-0.39, 0.29) is 0 Å². The van der Waals surface area contributed by atoms with Crippen LogP contribution >= 0.6 is 11.3 Å². The normalized spacial score (nSPS) is 21.2. The summed E-state index contributed by atoms with van der Waals surface area (Å²) in [6.45, 7) is 7.97. The Morgan fingerprint density at radius 2 is 2.37 bits per heavy atom. The summed E-state index contributed by atoms with van der Waals surface area (Å²) in [7, 11) is 0. The van der Waals surface area contributed by atoms with Crippen molar-refractivity contribution in [3.63, 3.8) is 0 Å². The van der Waals surface area contributed by atoms with Gasteiger partial charge in [0.25, 0.3) is 0 Å². The molecule has 1 fully saturated rings. The van der Waals surface area contributed by atoms with Crippen LogP contribution in [0.5, 0.6) is 0 Å². The maximum atomic E-state index is 9.26. The molecule has 0 bridgehead atoms. The van der Waals surface area contributed by atoms with Crippen LogP contribution in [0, 0.1) is 11.8 Å². The number of rotatable bonds is 6. The van der Waals surface area contributed by atoms with Crippen molar-refractivity contribution in [1.82, 2.24) is 9.88 Å². The van der Waals surface area contributed by atoms with E-state index in [9.17, 15) is 5.11 Å². The second-order valence-corrected chi connectivity index (χ2v) is 7.03. The Hall–Kier alpha value is -0.450. The Bertz CT molecular complexity index is 378. The largest absolute Gasteiger partial charge is 0.396 e. The molecular formula is C15H26N2OS. The predicted molar refractivity (Wildman–Crippen MR) is 80.4 cm³/mol. The molecule has 1 aromatic heterocycles. The van der Waals surface area contributed by atoms with Gasteiger partial charge in [-0.3, -0.25) is 4.90 Å². The van der Waals surface area contributed by atoms with Crippen molar-refractivity contribution in [2.24, 2.45) is 11.8 Å². The first kappa shape index (κ1) is 14.9. The van der Waals surface area contributed by atoms with Gasteiger partial charge in [0.15, 0.2) is 0 Å². The highest BCUT2D eigenvalue weighted by Gasteiger charge is 2.19. The topological polar surface area (TPSA) is 36.4 Å². The van der Waals surface area contributed by atoms with Crippen LogP contribution in [0.2, 0.25) is 0 Å². The van der Waals surface area contributed by atoms with Crippen molar-refractivity contribution in [2.45, 2.75) is 46.1 Å². The van der Waals surface area contributed by atoms with E-state index in [1.807, 2.05) is 0 Å². The summed E-state index contributed by atoms with van der Waals surface area (Å²) in [5, 5.41) is 12.7. The molecule has 4 heteroatoms. The zero-order valence-corrected chi connectivity index (χ0v) is 13.0. The molecule has 1 aromatic rings. The van der Waals surface area contributed by atoms with E-state index in [1.165, 1.54) is 30.0 Å². The molecule has 2 rings (SSSR count). The number of piperidine rings is 1. The van der Waals surface area contributed by atoms with Crippen molar-refractivity contribution >= 4 is 11.3 Å². The van der Waals surface area contributed by atoms with Crippen LogP contribution in [0.25, 0.3) is 0 Å². The van der Waals surface area contributed by atoms with Gasteiger partial charge in [0.1, 0.15) is 0 Å². The summed E-state index contributed by atoms with van der Waals surface area (Å²) < 4.78 is 0. The molecule has 1 aliphatic rings. The number of nitrogens with zero attached hydrogens (tertiary/aromatic N) is 2. The molecule has 1 unspecified atom stereocenters. The summed E-state index contributed by atoms with van der Waals surface area (Å²) in [6.07, 6.45) is 4.71. The first-order valence-electron chi connectivity index (χ1n) is 7.44. The minimum absolute atomic E-state index is 0.327. The molecule has 0 amide bonds. The molecule has 0 aromatic carbocycles. The maximum absolute atomic E-state index is 9.26. The fourth-order valence-electron chi connectivity index (χ4n) is 2.62. The number of likely N-dealkylation sites (tertiary alicyclic amines) is 1. The Kier molecular flexibility index (Phi) is 5.79. The van der Waals surface area contributed by atoms with Crippen LogP contribution in [0.3, 0.4) is 0 Å². The minimum atomic E-state index is 0.327. The van der Waals surface area contributed by atoms with Crippen molar-refractivity contribution < 1.29 is 5.11 Å². The predicted octanol–water partition coefficient (Wildman–Crippen LogP) is 2.94. The zero-order valence-electron chi connectivity index (χ0n) is 12.1. The van der Waals surface area contributed by atoms with E-state index in [2.05, 4.69) is 24.1 Å². The lowest BCUT2D eigenvalue weighted by atomic mass is 9.99. The average molecular weight is 282 g/mol. The first-order valence-corrected chi connectivity index (χ1v) is 8.32. The van der Waals surface area contributed by atoms with Crippen molar-refractivity contribution in [2.75, 3.05) is 19.7 Å². The van der Waals surface area contributed by atoms with Gasteiger partial charge in [0.05, 0.1) is 10.7 Å². The Morgan fingerprint density at radius 1 is 1.53 bits per heavy atom. The van der Waals surface area contributed by atoms with Gasteiger partial charge in [-0.25, -0.2) is 4.98 Å². The van der Waals surface area contributed by atoms with Gasteiger partial charge in [0.2, 0.25) is 0 Å². The molecule has 19 heavy (non-hydrogen) atoms. The van der Waals surface area contributed by atoms with E-state index in [0.717, 1.165) is 32.0 Å². The number of hydrogen-bond acceptors (Lipinski definition) is 4. The highest BCUT2D eigenvalue weighted by molar-refractivity contribution is 7.09. The highest BCUT2D eigenvalue weighted by atomic mass is 32.1. The fourth-order valence-corrected chi connectivity index (χ4v) is 3.43. The average Bonchev–Trinajstić information content (AvgIpc) is 2.84. The van der Waals surface area contributed by atoms with Crippen LogP contribution in [-0.2, 0) is 13.0 Å². The summed E-state index contributed by atoms with van der Waals surface area (Å²) in [5.41, 5.74) is 1.21. The smallest absolute Gasteiger partial charge is 0.0928 e. The van der Waals surface area contributed by atoms with Gasteiger partial charge in [-0.2, -0.15) is 0 Å². The minimum Gasteiger partial charge on any atom is -0.396 e. The highest BCUT2D eigenvalue weighted by Crippen LogP contribution is 2.20. The molecule has 3 nitrogen and oxygen atoms in total. The number of aliphatic hydroxyl groups is 1. The second-order valence-electron chi connectivity index (χ2n) is 6.09. The molecule has 0 aliphatic carbocycles. The van der Waals surface area contributed by atoms with E-state index in [1.54, 1.807) is 11.3 Å². The van der Waals surface area contributed by atoms with Gasteiger partial charge in [-0.15, -0.1) is 11.3 Å². The van der Waals surface area contributed by atoms with Crippen LogP contribution in [0.15, 0.2) is 5.38 Å².